The monoisotopic (exact) mass is 689 g/mol. The molecule has 0 heterocycles. The summed E-state index contributed by atoms with van der Waals surface area (Å²) >= 11 is 0. The first-order valence-corrected chi connectivity index (χ1v) is 20.5. The van der Waals surface area contributed by atoms with Gasteiger partial charge in [0.25, 0.3) is 0 Å². The molecule has 1 nitrogen and oxygen atoms in total. The molecule has 6 aromatic rings. The molecule has 0 atom stereocenters. The van der Waals surface area contributed by atoms with Crippen LogP contribution in [-0.2, 0) is 16.2 Å². The Morgan fingerprint density at radius 3 is 1.87 bits per heavy atom. The van der Waals surface area contributed by atoms with Gasteiger partial charge in [0.1, 0.15) is 0 Å². The van der Waals surface area contributed by atoms with Crippen molar-refractivity contribution >= 4 is 27.8 Å². The van der Waals surface area contributed by atoms with Crippen molar-refractivity contribution in [3.05, 3.63) is 150 Å². The first kappa shape index (κ1) is 31.9. The first-order chi connectivity index (χ1) is 25.7. The van der Waals surface area contributed by atoms with E-state index >= 15 is 0 Å². The molecule has 12 rings (SSSR count). The average molecular weight is 690 g/mol. The number of anilines is 3. The average Bonchev–Trinajstić information content (AvgIpc) is 3.47. The summed E-state index contributed by atoms with van der Waals surface area (Å²) in [6.07, 6.45) is 9.58. The Hall–Kier alpha value is -4.62. The van der Waals surface area contributed by atoms with Gasteiger partial charge in [0, 0.05) is 22.2 Å². The van der Waals surface area contributed by atoms with Crippen LogP contribution in [0.5, 0.6) is 0 Å². The lowest BCUT2D eigenvalue weighted by molar-refractivity contribution is -0.0399. The molecule has 4 saturated carbocycles. The van der Waals surface area contributed by atoms with Gasteiger partial charge < -0.3 is 4.90 Å². The maximum absolute atomic E-state index is 2.52. The first-order valence-electron chi connectivity index (χ1n) is 20.5. The molecule has 6 aliphatic rings. The van der Waals surface area contributed by atoms with E-state index in [9.17, 15) is 0 Å². The predicted molar refractivity (Wildman–Crippen MR) is 223 cm³/mol. The van der Waals surface area contributed by atoms with E-state index in [1.807, 2.05) is 0 Å². The molecular weight excluding hydrogens is 639 g/mol. The van der Waals surface area contributed by atoms with Gasteiger partial charge in [-0.15, -0.1) is 0 Å². The standard InChI is InChI=1S/C52H51N/c1-50(2)25-26-51(3,4)47-32-40(23-24-45(47)50)53(48-18-9-12-35-11-5-6-13-41(35)48)39-21-19-36(20-22-39)42-15-10-17-46-49(42)43-14-7-8-16-44(43)52(46)37-28-33-27-34(30-37)31-38(52)29-33/h5-24,32-34,37-38H,25-31H2,1-4H3. The van der Waals surface area contributed by atoms with Crippen LogP contribution in [0, 0.1) is 23.7 Å². The van der Waals surface area contributed by atoms with Gasteiger partial charge in [-0.2, -0.15) is 0 Å². The summed E-state index contributed by atoms with van der Waals surface area (Å²) in [7, 11) is 0. The number of nitrogens with zero attached hydrogens (tertiary/aromatic N) is 1. The van der Waals surface area contributed by atoms with E-state index < -0.39 is 0 Å². The van der Waals surface area contributed by atoms with E-state index in [1.165, 1.54) is 106 Å². The Morgan fingerprint density at radius 2 is 1.09 bits per heavy atom. The molecule has 53 heavy (non-hydrogen) atoms. The highest BCUT2D eigenvalue weighted by molar-refractivity contribution is 5.99. The molecule has 0 aromatic heterocycles. The lowest BCUT2D eigenvalue weighted by atomic mass is 9.43. The van der Waals surface area contributed by atoms with Crippen molar-refractivity contribution in [3.8, 4) is 22.3 Å². The third-order valence-corrected chi connectivity index (χ3v) is 15.1. The molecule has 6 aromatic carbocycles. The van der Waals surface area contributed by atoms with Crippen molar-refractivity contribution in [2.75, 3.05) is 4.90 Å². The Bertz CT molecular complexity index is 2390. The summed E-state index contributed by atoms with van der Waals surface area (Å²) < 4.78 is 0. The fourth-order valence-electron chi connectivity index (χ4n) is 12.8. The molecule has 0 radical (unpaired) electrons. The van der Waals surface area contributed by atoms with E-state index in [2.05, 4.69) is 160 Å². The minimum absolute atomic E-state index is 0.133. The Kier molecular flexibility index (Phi) is 6.74. The van der Waals surface area contributed by atoms with Crippen molar-refractivity contribution in [1.82, 2.24) is 0 Å². The molecule has 1 spiro atoms. The number of rotatable bonds is 4. The van der Waals surface area contributed by atoms with E-state index in [4.69, 9.17) is 0 Å². The SMILES string of the molecule is CC1(C)CCC(C)(C)c2cc(N(c3ccc(-c4cccc5c4-c4ccccc4C54C5CC6CC(C5)CC4C6)cc3)c3cccc4ccccc34)ccc21. The predicted octanol–water partition coefficient (Wildman–Crippen LogP) is 14.0. The minimum Gasteiger partial charge on any atom is -0.310 e. The van der Waals surface area contributed by atoms with Crippen LogP contribution in [0.3, 0.4) is 0 Å². The van der Waals surface area contributed by atoms with Crippen LogP contribution in [0.25, 0.3) is 33.0 Å². The lowest BCUT2D eigenvalue weighted by Gasteiger charge is -2.61. The quantitative estimate of drug-likeness (QED) is 0.178. The number of benzene rings is 6. The van der Waals surface area contributed by atoms with Gasteiger partial charge in [-0.3, -0.25) is 0 Å². The zero-order valence-electron chi connectivity index (χ0n) is 31.8. The normalized spacial score (nSPS) is 26.7. The molecule has 0 saturated heterocycles. The Balaban J connectivity index is 1.06. The van der Waals surface area contributed by atoms with Gasteiger partial charge in [0.05, 0.1) is 5.69 Å². The highest BCUT2D eigenvalue weighted by Crippen LogP contribution is 2.70. The molecule has 264 valence electrons. The second kappa shape index (κ2) is 11.2. The van der Waals surface area contributed by atoms with Crippen molar-refractivity contribution in [2.45, 2.75) is 88.9 Å². The third-order valence-electron chi connectivity index (χ3n) is 15.1. The van der Waals surface area contributed by atoms with E-state index in [0.29, 0.717) is 0 Å². The molecule has 0 unspecified atom stereocenters. The summed E-state index contributed by atoms with van der Waals surface area (Å²) in [6.45, 7) is 9.72. The van der Waals surface area contributed by atoms with E-state index in [-0.39, 0.29) is 16.2 Å². The highest BCUT2D eigenvalue weighted by Gasteiger charge is 2.61. The zero-order chi connectivity index (χ0) is 35.7. The van der Waals surface area contributed by atoms with Crippen molar-refractivity contribution in [1.29, 1.82) is 0 Å². The topological polar surface area (TPSA) is 3.24 Å². The maximum atomic E-state index is 2.52. The van der Waals surface area contributed by atoms with Crippen LogP contribution in [-0.4, -0.2) is 0 Å². The fourth-order valence-corrected chi connectivity index (χ4v) is 12.8. The third kappa shape index (κ3) is 4.49. The molecule has 0 amide bonds. The largest absolute Gasteiger partial charge is 0.310 e. The minimum atomic E-state index is 0.133. The number of hydrogen-bond donors (Lipinski definition) is 0. The van der Waals surface area contributed by atoms with Gasteiger partial charge in [-0.25, -0.2) is 0 Å². The van der Waals surface area contributed by atoms with Crippen molar-refractivity contribution < 1.29 is 0 Å². The Morgan fingerprint density at radius 1 is 0.491 bits per heavy atom. The summed E-state index contributed by atoms with van der Waals surface area (Å²) in [5.74, 6) is 3.46. The van der Waals surface area contributed by atoms with E-state index in [0.717, 1.165) is 23.7 Å². The van der Waals surface area contributed by atoms with Gasteiger partial charge in [-0.1, -0.05) is 125 Å². The second-order valence-corrected chi connectivity index (χ2v) is 18.8. The van der Waals surface area contributed by atoms with Crippen molar-refractivity contribution in [3.63, 3.8) is 0 Å². The maximum Gasteiger partial charge on any atom is 0.0540 e. The molecule has 6 aliphatic carbocycles. The fraction of sp³-hybridized carbons (Fsp3) is 0.346. The molecule has 1 heteroatoms. The molecular formula is C52H51N. The number of hydrogen-bond acceptors (Lipinski definition) is 1. The second-order valence-electron chi connectivity index (χ2n) is 18.8. The van der Waals surface area contributed by atoms with Gasteiger partial charge >= 0.3 is 0 Å². The molecule has 0 N–H and O–H groups in total. The van der Waals surface area contributed by atoms with Crippen LogP contribution in [0.1, 0.15) is 94.9 Å². The van der Waals surface area contributed by atoms with Gasteiger partial charge in [0.2, 0.25) is 0 Å². The van der Waals surface area contributed by atoms with Crippen LogP contribution in [0.2, 0.25) is 0 Å². The van der Waals surface area contributed by atoms with E-state index in [1.54, 1.807) is 11.1 Å². The highest BCUT2D eigenvalue weighted by atomic mass is 15.1. The van der Waals surface area contributed by atoms with Crippen LogP contribution < -0.4 is 4.90 Å². The molecule has 4 bridgehead atoms. The summed E-state index contributed by atoms with van der Waals surface area (Å²) in [5.41, 5.74) is 16.1. The van der Waals surface area contributed by atoms with Crippen LogP contribution in [0.15, 0.2) is 127 Å². The van der Waals surface area contributed by atoms with Crippen LogP contribution >= 0.6 is 0 Å². The summed E-state index contributed by atoms with van der Waals surface area (Å²) in [4.78, 5) is 2.51. The molecule has 0 aliphatic heterocycles. The molecule has 4 fully saturated rings. The van der Waals surface area contributed by atoms with Gasteiger partial charge in [0.15, 0.2) is 0 Å². The van der Waals surface area contributed by atoms with Crippen molar-refractivity contribution in [2.24, 2.45) is 23.7 Å². The zero-order valence-corrected chi connectivity index (χ0v) is 31.8. The summed E-state index contributed by atoms with van der Waals surface area (Å²) in [6, 6.07) is 49.3. The lowest BCUT2D eigenvalue weighted by Crippen LogP contribution is -2.55. The number of fused-ring (bicyclic) bond motifs is 5. The van der Waals surface area contributed by atoms with Crippen LogP contribution in [0.4, 0.5) is 17.1 Å². The smallest absolute Gasteiger partial charge is 0.0540 e. The Labute approximate surface area is 316 Å². The summed E-state index contributed by atoms with van der Waals surface area (Å²) in [5, 5.41) is 2.54. The van der Waals surface area contributed by atoms with Gasteiger partial charge in [-0.05, 0) is 160 Å².